The quantitative estimate of drug-likeness (QED) is 0.785. The third-order valence-corrected chi connectivity index (χ3v) is 4.56. The van der Waals surface area contributed by atoms with E-state index in [4.69, 9.17) is 0 Å². The Hall–Kier alpha value is -0.540. The van der Waals surface area contributed by atoms with Crippen LogP contribution in [0.5, 0.6) is 0 Å². The number of anilines is 1. The lowest BCUT2D eigenvalue weighted by atomic mass is 9.99. The van der Waals surface area contributed by atoms with Gasteiger partial charge in [-0.1, -0.05) is 22.4 Å². The molecule has 0 N–H and O–H groups in total. The molecule has 2 aliphatic rings. The molecule has 0 aromatic heterocycles. The van der Waals surface area contributed by atoms with Crippen LogP contribution in [0.15, 0.2) is 28.7 Å². The van der Waals surface area contributed by atoms with Gasteiger partial charge in [-0.15, -0.1) is 0 Å². The topological polar surface area (TPSA) is 6.48 Å². The van der Waals surface area contributed by atoms with Gasteiger partial charge in [0, 0.05) is 35.8 Å². The Labute approximate surface area is 112 Å². The van der Waals surface area contributed by atoms with E-state index < -0.39 is 0 Å². The first-order chi connectivity index (χ1) is 8.33. The van der Waals surface area contributed by atoms with Gasteiger partial charge in [-0.3, -0.25) is 4.90 Å². The van der Waals surface area contributed by atoms with E-state index in [9.17, 15) is 0 Å². The van der Waals surface area contributed by atoms with Gasteiger partial charge in [0.15, 0.2) is 0 Å². The minimum atomic E-state index is 0.793. The second kappa shape index (κ2) is 4.99. The summed E-state index contributed by atoms with van der Waals surface area (Å²) in [6.07, 6.45) is 4.19. The van der Waals surface area contributed by atoms with Gasteiger partial charge in [-0.05, 0) is 43.7 Å². The first kappa shape index (κ1) is 11.5. The van der Waals surface area contributed by atoms with Crippen LogP contribution in [0.3, 0.4) is 0 Å². The zero-order chi connectivity index (χ0) is 11.7. The van der Waals surface area contributed by atoms with Crippen LogP contribution in [0.25, 0.3) is 0 Å². The smallest absolute Gasteiger partial charge is 0.0367 e. The maximum absolute atomic E-state index is 3.50. The highest BCUT2D eigenvalue weighted by molar-refractivity contribution is 9.10. The Kier molecular flexibility index (Phi) is 3.39. The van der Waals surface area contributed by atoms with Crippen molar-refractivity contribution in [1.82, 2.24) is 4.90 Å². The Morgan fingerprint density at radius 2 is 1.82 bits per heavy atom. The van der Waals surface area contributed by atoms with Crippen LogP contribution in [0.2, 0.25) is 0 Å². The highest BCUT2D eigenvalue weighted by Gasteiger charge is 2.28. The lowest BCUT2D eigenvalue weighted by Gasteiger charge is -2.44. The van der Waals surface area contributed by atoms with Crippen molar-refractivity contribution in [3.8, 4) is 0 Å². The molecular weight excluding hydrogens is 276 g/mol. The fraction of sp³-hybridized carbons (Fsp3) is 0.571. The molecule has 2 saturated heterocycles. The molecule has 0 saturated carbocycles. The van der Waals surface area contributed by atoms with Gasteiger partial charge in [-0.2, -0.15) is 0 Å². The van der Waals surface area contributed by atoms with Gasteiger partial charge in [0.05, 0.1) is 0 Å². The number of halogens is 1. The molecule has 3 rings (SSSR count). The Bertz CT molecular complexity index is 376. The summed E-state index contributed by atoms with van der Waals surface area (Å²) in [7, 11) is 0. The van der Waals surface area contributed by atoms with E-state index in [0.29, 0.717) is 0 Å². The highest BCUT2D eigenvalue weighted by atomic mass is 79.9. The van der Waals surface area contributed by atoms with Crippen molar-refractivity contribution in [3.63, 3.8) is 0 Å². The van der Waals surface area contributed by atoms with Gasteiger partial charge in [0.25, 0.3) is 0 Å². The van der Waals surface area contributed by atoms with E-state index in [1.165, 1.54) is 51.1 Å². The molecule has 92 valence electrons. The van der Waals surface area contributed by atoms with E-state index >= 15 is 0 Å². The van der Waals surface area contributed by atoms with Crippen LogP contribution < -0.4 is 4.90 Å². The van der Waals surface area contributed by atoms with Crippen LogP contribution in [0.4, 0.5) is 5.69 Å². The van der Waals surface area contributed by atoms with Crippen molar-refractivity contribution in [2.24, 2.45) is 0 Å². The minimum Gasteiger partial charge on any atom is -0.369 e. The molecule has 1 aromatic rings. The number of piperidine rings is 1. The average molecular weight is 295 g/mol. The first-order valence-electron chi connectivity index (χ1n) is 6.57. The lowest BCUT2D eigenvalue weighted by molar-refractivity contribution is 0.133. The molecule has 2 heterocycles. The van der Waals surface area contributed by atoms with Gasteiger partial charge in [-0.25, -0.2) is 0 Å². The van der Waals surface area contributed by atoms with Crippen molar-refractivity contribution in [1.29, 1.82) is 0 Å². The number of hydrogen-bond acceptors (Lipinski definition) is 2. The number of rotatable bonds is 1. The van der Waals surface area contributed by atoms with Gasteiger partial charge in [0.2, 0.25) is 0 Å². The van der Waals surface area contributed by atoms with E-state index in [1.807, 2.05) is 0 Å². The summed E-state index contributed by atoms with van der Waals surface area (Å²) in [6.45, 7) is 4.94. The highest BCUT2D eigenvalue weighted by Crippen LogP contribution is 2.25. The van der Waals surface area contributed by atoms with Gasteiger partial charge < -0.3 is 4.90 Å². The summed E-state index contributed by atoms with van der Waals surface area (Å²) in [5.41, 5.74) is 1.37. The number of benzene rings is 1. The monoisotopic (exact) mass is 294 g/mol. The predicted octanol–water partition coefficient (Wildman–Crippen LogP) is 3.12. The number of hydrogen-bond donors (Lipinski definition) is 0. The molecule has 1 unspecified atom stereocenters. The summed E-state index contributed by atoms with van der Waals surface area (Å²) in [5, 5.41) is 0. The average Bonchev–Trinajstić information content (AvgIpc) is 2.39. The fourth-order valence-electron chi connectivity index (χ4n) is 3.04. The largest absolute Gasteiger partial charge is 0.369 e. The molecule has 0 spiro atoms. The van der Waals surface area contributed by atoms with E-state index in [1.54, 1.807) is 0 Å². The van der Waals surface area contributed by atoms with Crippen molar-refractivity contribution in [2.45, 2.75) is 25.3 Å². The fourth-order valence-corrected chi connectivity index (χ4v) is 3.31. The Morgan fingerprint density at radius 3 is 2.65 bits per heavy atom. The maximum atomic E-state index is 3.50. The molecular formula is C14H19BrN2. The molecule has 0 aliphatic carbocycles. The van der Waals surface area contributed by atoms with Crippen molar-refractivity contribution in [3.05, 3.63) is 28.7 Å². The van der Waals surface area contributed by atoms with Crippen LogP contribution in [-0.2, 0) is 0 Å². The van der Waals surface area contributed by atoms with Gasteiger partial charge in [0.1, 0.15) is 0 Å². The molecule has 0 amide bonds. The summed E-state index contributed by atoms with van der Waals surface area (Å²) in [6, 6.07) is 9.53. The number of fused-ring (bicyclic) bond motifs is 1. The molecule has 1 atom stereocenters. The zero-order valence-corrected chi connectivity index (χ0v) is 11.7. The summed E-state index contributed by atoms with van der Waals surface area (Å²) < 4.78 is 1.16. The van der Waals surface area contributed by atoms with Gasteiger partial charge >= 0.3 is 0 Å². The SMILES string of the molecule is Brc1ccc(N2CCN3CCCCC3C2)cc1. The van der Waals surface area contributed by atoms with Crippen LogP contribution in [0, 0.1) is 0 Å². The van der Waals surface area contributed by atoms with E-state index in [2.05, 4.69) is 50.0 Å². The standard InChI is InChI=1S/C14H19BrN2/c15-12-4-6-13(7-5-12)17-10-9-16-8-2-1-3-14(16)11-17/h4-7,14H,1-3,8-11H2. The second-order valence-electron chi connectivity index (χ2n) is 5.11. The summed E-state index contributed by atoms with van der Waals surface area (Å²) in [4.78, 5) is 5.22. The van der Waals surface area contributed by atoms with E-state index in [0.717, 1.165) is 10.5 Å². The molecule has 0 radical (unpaired) electrons. The Balaban J connectivity index is 1.71. The first-order valence-corrected chi connectivity index (χ1v) is 7.37. The molecule has 0 bridgehead atoms. The maximum Gasteiger partial charge on any atom is 0.0367 e. The normalized spacial score (nSPS) is 25.7. The molecule has 2 aliphatic heterocycles. The minimum absolute atomic E-state index is 0.793. The zero-order valence-electron chi connectivity index (χ0n) is 10.1. The second-order valence-corrected chi connectivity index (χ2v) is 6.02. The van der Waals surface area contributed by atoms with Crippen LogP contribution in [-0.4, -0.2) is 37.1 Å². The van der Waals surface area contributed by atoms with Crippen molar-refractivity contribution < 1.29 is 0 Å². The number of nitrogens with zero attached hydrogens (tertiary/aromatic N) is 2. The molecule has 3 heteroatoms. The predicted molar refractivity (Wildman–Crippen MR) is 75.6 cm³/mol. The molecule has 2 nitrogen and oxygen atoms in total. The van der Waals surface area contributed by atoms with Crippen LogP contribution >= 0.6 is 15.9 Å². The molecule has 17 heavy (non-hydrogen) atoms. The lowest BCUT2D eigenvalue weighted by Crippen LogP contribution is -2.54. The molecule has 2 fully saturated rings. The van der Waals surface area contributed by atoms with Crippen LogP contribution in [0.1, 0.15) is 19.3 Å². The summed E-state index contributed by atoms with van der Waals surface area (Å²) >= 11 is 3.50. The number of piperazine rings is 1. The van der Waals surface area contributed by atoms with E-state index in [-0.39, 0.29) is 0 Å². The Morgan fingerprint density at radius 1 is 1.00 bits per heavy atom. The third-order valence-electron chi connectivity index (χ3n) is 4.03. The summed E-state index contributed by atoms with van der Waals surface area (Å²) in [5.74, 6) is 0. The third kappa shape index (κ3) is 2.50. The van der Waals surface area contributed by atoms with Crippen molar-refractivity contribution >= 4 is 21.6 Å². The van der Waals surface area contributed by atoms with Crippen molar-refractivity contribution in [2.75, 3.05) is 31.1 Å². The molecule has 1 aromatic carbocycles.